The van der Waals surface area contributed by atoms with Crippen LogP contribution >= 0.6 is 15.9 Å². The van der Waals surface area contributed by atoms with Gasteiger partial charge in [-0.05, 0) is 48.8 Å². The Morgan fingerprint density at radius 3 is 2.67 bits per heavy atom. The number of rotatable bonds is 5. The van der Waals surface area contributed by atoms with Gasteiger partial charge in [0.1, 0.15) is 5.75 Å². The van der Waals surface area contributed by atoms with Crippen LogP contribution in [0.5, 0.6) is 5.75 Å². The van der Waals surface area contributed by atoms with Crippen molar-refractivity contribution in [3.8, 4) is 5.75 Å². The van der Waals surface area contributed by atoms with Gasteiger partial charge in [-0.2, -0.15) is 0 Å². The second kappa shape index (κ2) is 5.02. The van der Waals surface area contributed by atoms with Crippen LogP contribution in [0.3, 0.4) is 0 Å². The van der Waals surface area contributed by atoms with E-state index in [-0.39, 0.29) is 0 Å². The summed E-state index contributed by atoms with van der Waals surface area (Å²) in [7, 11) is 1.71. The maximum absolute atomic E-state index is 5.15. The summed E-state index contributed by atoms with van der Waals surface area (Å²) in [6.07, 6.45) is 4.04. The third-order valence-electron chi connectivity index (χ3n) is 3.18. The van der Waals surface area contributed by atoms with E-state index in [1.54, 1.807) is 7.11 Å². The average molecular weight is 269 g/mol. The highest BCUT2D eigenvalue weighted by molar-refractivity contribution is 9.09. The molecule has 0 spiro atoms. The highest BCUT2D eigenvalue weighted by Crippen LogP contribution is 2.50. The molecule has 1 aliphatic rings. The minimum absolute atomic E-state index is 0.815. The molecule has 0 heterocycles. The van der Waals surface area contributed by atoms with Crippen molar-refractivity contribution in [2.75, 3.05) is 12.4 Å². The molecule has 82 valence electrons. The highest BCUT2D eigenvalue weighted by Gasteiger charge is 2.37. The monoisotopic (exact) mass is 268 g/mol. The van der Waals surface area contributed by atoms with Crippen molar-refractivity contribution in [2.45, 2.75) is 25.2 Å². The molecular formula is C13H17BrO. The van der Waals surface area contributed by atoms with Crippen molar-refractivity contribution >= 4 is 15.9 Å². The normalized spacial score (nSPS) is 23.9. The quantitative estimate of drug-likeness (QED) is 0.735. The third-order valence-corrected chi connectivity index (χ3v) is 3.74. The highest BCUT2D eigenvalue weighted by atomic mass is 79.9. The summed E-state index contributed by atoms with van der Waals surface area (Å²) >= 11 is 3.48. The lowest BCUT2D eigenvalue weighted by atomic mass is 10.1. The van der Waals surface area contributed by atoms with Crippen molar-refractivity contribution < 1.29 is 4.74 Å². The fourth-order valence-electron chi connectivity index (χ4n) is 2.17. The third kappa shape index (κ3) is 2.75. The van der Waals surface area contributed by atoms with Gasteiger partial charge in [0.25, 0.3) is 0 Å². The maximum atomic E-state index is 5.15. The summed E-state index contributed by atoms with van der Waals surface area (Å²) in [5, 5.41) is 1.14. The second-order valence-electron chi connectivity index (χ2n) is 4.21. The second-order valence-corrected chi connectivity index (χ2v) is 5.00. The molecule has 1 saturated carbocycles. The van der Waals surface area contributed by atoms with Crippen molar-refractivity contribution in [1.29, 1.82) is 0 Å². The Bertz CT molecular complexity index is 307. The topological polar surface area (TPSA) is 9.23 Å². The fraction of sp³-hybridized carbons (Fsp3) is 0.538. The van der Waals surface area contributed by atoms with Gasteiger partial charge >= 0.3 is 0 Å². The van der Waals surface area contributed by atoms with E-state index < -0.39 is 0 Å². The minimum Gasteiger partial charge on any atom is -0.497 e. The molecule has 2 unspecified atom stereocenters. The van der Waals surface area contributed by atoms with Crippen molar-refractivity contribution in [3.63, 3.8) is 0 Å². The predicted octanol–water partition coefficient (Wildman–Crippen LogP) is 3.97. The van der Waals surface area contributed by atoms with Crippen LogP contribution in [0.15, 0.2) is 24.3 Å². The predicted molar refractivity (Wildman–Crippen MR) is 66.9 cm³/mol. The van der Waals surface area contributed by atoms with E-state index in [9.17, 15) is 0 Å². The molecule has 2 rings (SSSR count). The summed E-state index contributed by atoms with van der Waals surface area (Å²) in [5.41, 5.74) is 1.48. The summed E-state index contributed by atoms with van der Waals surface area (Å²) < 4.78 is 5.15. The molecule has 1 aromatic rings. The zero-order valence-corrected chi connectivity index (χ0v) is 10.7. The smallest absolute Gasteiger partial charge is 0.118 e. The standard InChI is InChI=1S/C13H17BrO/c1-15-12-6-4-10(5-7-12)13-9-11(13)3-2-8-14/h4-7,11,13H,2-3,8-9H2,1H3. The molecule has 2 heteroatoms. The Kier molecular flexibility index (Phi) is 3.68. The Balaban J connectivity index is 1.89. The van der Waals surface area contributed by atoms with Gasteiger partial charge in [-0.15, -0.1) is 0 Å². The summed E-state index contributed by atoms with van der Waals surface area (Å²) in [5.74, 6) is 2.70. The Morgan fingerprint density at radius 2 is 2.07 bits per heavy atom. The molecule has 1 fully saturated rings. The van der Waals surface area contributed by atoms with Gasteiger partial charge in [-0.1, -0.05) is 28.1 Å². The lowest BCUT2D eigenvalue weighted by Crippen LogP contribution is -1.86. The van der Waals surface area contributed by atoms with Gasteiger partial charge in [0.15, 0.2) is 0 Å². The molecule has 15 heavy (non-hydrogen) atoms. The first-order chi connectivity index (χ1) is 7.35. The first kappa shape index (κ1) is 11.0. The van der Waals surface area contributed by atoms with E-state index in [0.29, 0.717) is 0 Å². The number of hydrogen-bond acceptors (Lipinski definition) is 1. The van der Waals surface area contributed by atoms with Crippen molar-refractivity contribution in [2.24, 2.45) is 5.92 Å². The summed E-state index contributed by atoms with van der Waals surface area (Å²) in [6, 6.07) is 8.54. The zero-order valence-electron chi connectivity index (χ0n) is 9.08. The van der Waals surface area contributed by atoms with E-state index in [1.165, 1.54) is 24.8 Å². The van der Waals surface area contributed by atoms with Gasteiger partial charge in [-0.3, -0.25) is 0 Å². The van der Waals surface area contributed by atoms with Crippen LogP contribution in [0, 0.1) is 5.92 Å². The summed E-state index contributed by atoms with van der Waals surface area (Å²) in [4.78, 5) is 0. The number of hydrogen-bond donors (Lipinski definition) is 0. The van der Waals surface area contributed by atoms with E-state index in [1.807, 2.05) is 0 Å². The Morgan fingerprint density at radius 1 is 1.33 bits per heavy atom. The van der Waals surface area contributed by atoms with Crippen molar-refractivity contribution in [3.05, 3.63) is 29.8 Å². The van der Waals surface area contributed by atoms with E-state index in [4.69, 9.17) is 4.74 Å². The molecule has 1 nitrogen and oxygen atoms in total. The van der Waals surface area contributed by atoms with Crippen LogP contribution in [0.2, 0.25) is 0 Å². The number of benzene rings is 1. The van der Waals surface area contributed by atoms with Crippen LogP contribution in [0.25, 0.3) is 0 Å². The first-order valence-electron chi connectivity index (χ1n) is 5.55. The molecule has 0 amide bonds. The number of ether oxygens (including phenoxy) is 1. The van der Waals surface area contributed by atoms with Gasteiger partial charge < -0.3 is 4.74 Å². The lowest BCUT2D eigenvalue weighted by Gasteiger charge is -2.02. The van der Waals surface area contributed by atoms with Crippen LogP contribution in [-0.4, -0.2) is 12.4 Å². The SMILES string of the molecule is COc1ccc(C2CC2CCCBr)cc1. The minimum atomic E-state index is 0.815. The van der Waals surface area contributed by atoms with Crippen LogP contribution in [-0.2, 0) is 0 Å². The number of alkyl halides is 1. The fourth-order valence-corrected chi connectivity index (χ4v) is 2.49. The van der Waals surface area contributed by atoms with E-state index in [0.717, 1.165) is 22.9 Å². The number of halogens is 1. The largest absolute Gasteiger partial charge is 0.497 e. The van der Waals surface area contributed by atoms with Crippen LogP contribution < -0.4 is 4.74 Å². The Labute approximate surface area is 100.0 Å². The van der Waals surface area contributed by atoms with Crippen LogP contribution in [0.1, 0.15) is 30.7 Å². The van der Waals surface area contributed by atoms with Crippen LogP contribution in [0.4, 0.5) is 0 Å². The molecule has 1 aromatic carbocycles. The van der Waals surface area contributed by atoms with E-state index in [2.05, 4.69) is 40.2 Å². The lowest BCUT2D eigenvalue weighted by molar-refractivity contribution is 0.414. The molecule has 0 bridgehead atoms. The molecule has 1 aliphatic carbocycles. The van der Waals surface area contributed by atoms with Gasteiger partial charge in [0, 0.05) is 5.33 Å². The summed E-state index contributed by atoms with van der Waals surface area (Å²) in [6.45, 7) is 0. The molecule has 0 aromatic heterocycles. The molecule has 0 aliphatic heterocycles. The molecule has 2 atom stereocenters. The average Bonchev–Trinajstić information content (AvgIpc) is 3.06. The number of methoxy groups -OCH3 is 1. The maximum Gasteiger partial charge on any atom is 0.118 e. The first-order valence-corrected chi connectivity index (χ1v) is 6.67. The van der Waals surface area contributed by atoms with Gasteiger partial charge in [0.05, 0.1) is 7.11 Å². The molecule has 0 N–H and O–H groups in total. The molecule has 0 radical (unpaired) electrons. The van der Waals surface area contributed by atoms with Crippen molar-refractivity contribution in [1.82, 2.24) is 0 Å². The molecule has 0 saturated heterocycles. The zero-order chi connectivity index (χ0) is 10.7. The Hall–Kier alpha value is -0.500. The van der Waals surface area contributed by atoms with Gasteiger partial charge in [0.2, 0.25) is 0 Å². The van der Waals surface area contributed by atoms with Gasteiger partial charge in [-0.25, -0.2) is 0 Å². The van der Waals surface area contributed by atoms with E-state index >= 15 is 0 Å². The molecular weight excluding hydrogens is 252 g/mol.